The molecule has 3 N–H and O–H groups in total. The van der Waals surface area contributed by atoms with Crippen molar-refractivity contribution in [2.75, 3.05) is 32.8 Å². The van der Waals surface area contributed by atoms with Gasteiger partial charge in [-0.1, -0.05) is 26.7 Å². The van der Waals surface area contributed by atoms with E-state index in [0.29, 0.717) is 13.2 Å². The lowest BCUT2D eigenvalue weighted by Crippen LogP contribution is -2.22. The third-order valence-corrected chi connectivity index (χ3v) is 2.07. The van der Waals surface area contributed by atoms with Crippen LogP contribution >= 0.6 is 0 Å². The Bertz CT molecular complexity index is 107. The predicted molar refractivity (Wildman–Crippen MR) is 61.4 cm³/mol. The molecule has 0 aromatic rings. The van der Waals surface area contributed by atoms with E-state index in [-0.39, 0.29) is 0 Å². The number of ether oxygens (including phenoxy) is 1. The Kier molecular flexibility index (Phi) is 10.9. The van der Waals surface area contributed by atoms with Crippen molar-refractivity contribution in [3.05, 3.63) is 0 Å². The largest absolute Gasteiger partial charge is 0.379 e. The standard InChI is InChI=1S/C11H26N2O/c1-11(2)5-3-4-7-13-8-10-14-9-6-12/h11,13H,3-10,12H2,1-2H3. The van der Waals surface area contributed by atoms with Crippen molar-refractivity contribution in [1.82, 2.24) is 5.32 Å². The van der Waals surface area contributed by atoms with Gasteiger partial charge in [0.25, 0.3) is 0 Å². The number of nitrogens with two attached hydrogens (primary N) is 1. The van der Waals surface area contributed by atoms with Gasteiger partial charge in [-0.3, -0.25) is 0 Å². The zero-order valence-electron chi connectivity index (χ0n) is 9.72. The molecule has 0 heterocycles. The molecule has 0 aliphatic heterocycles. The highest BCUT2D eigenvalue weighted by atomic mass is 16.5. The van der Waals surface area contributed by atoms with Crippen molar-refractivity contribution >= 4 is 0 Å². The van der Waals surface area contributed by atoms with Gasteiger partial charge in [-0.15, -0.1) is 0 Å². The van der Waals surface area contributed by atoms with Crippen LogP contribution in [-0.2, 0) is 4.74 Å². The fraction of sp³-hybridized carbons (Fsp3) is 1.00. The van der Waals surface area contributed by atoms with Crippen LogP contribution in [0.5, 0.6) is 0 Å². The van der Waals surface area contributed by atoms with E-state index in [9.17, 15) is 0 Å². The van der Waals surface area contributed by atoms with Gasteiger partial charge in [0.05, 0.1) is 13.2 Å². The minimum Gasteiger partial charge on any atom is -0.379 e. The average molecular weight is 202 g/mol. The van der Waals surface area contributed by atoms with Gasteiger partial charge in [-0.2, -0.15) is 0 Å². The second-order valence-corrected chi connectivity index (χ2v) is 4.04. The minimum absolute atomic E-state index is 0.619. The van der Waals surface area contributed by atoms with Crippen molar-refractivity contribution in [2.45, 2.75) is 33.1 Å². The molecule has 0 saturated carbocycles. The van der Waals surface area contributed by atoms with Crippen LogP contribution in [0.15, 0.2) is 0 Å². The molecule has 3 heteroatoms. The lowest BCUT2D eigenvalue weighted by Gasteiger charge is -2.06. The number of nitrogens with one attached hydrogen (secondary N) is 1. The zero-order chi connectivity index (χ0) is 10.6. The molecule has 0 bridgehead atoms. The van der Waals surface area contributed by atoms with Gasteiger partial charge < -0.3 is 15.8 Å². The van der Waals surface area contributed by atoms with Crippen LogP contribution in [0.3, 0.4) is 0 Å². The number of unbranched alkanes of at least 4 members (excludes halogenated alkanes) is 1. The Hall–Kier alpha value is -0.120. The van der Waals surface area contributed by atoms with Crippen LogP contribution in [0.4, 0.5) is 0 Å². The molecule has 3 nitrogen and oxygen atoms in total. The lowest BCUT2D eigenvalue weighted by molar-refractivity contribution is 0.143. The first-order chi connectivity index (χ1) is 6.77. The van der Waals surface area contributed by atoms with Crippen molar-refractivity contribution in [2.24, 2.45) is 11.7 Å². The maximum absolute atomic E-state index is 5.29. The van der Waals surface area contributed by atoms with Crippen molar-refractivity contribution in [3.8, 4) is 0 Å². The third-order valence-electron chi connectivity index (χ3n) is 2.07. The first-order valence-electron chi connectivity index (χ1n) is 5.76. The maximum atomic E-state index is 5.29. The van der Waals surface area contributed by atoms with Crippen LogP contribution < -0.4 is 11.1 Å². The summed E-state index contributed by atoms with van der Waals surface area (Å²) in [5.74, 6) is 0.836. The van der Waals surface area contributed by atoms with Gasteiger partial charge in [0.15, 0.2) is 0 Å². The van der Waals surface area contributed by atoms with E-state index >= 15 is 0 Å². The first-order valence-corrected chi connectivity index (χ1v) is 5.76. The molecule has 0 saturated heterocycles. The number of hydrogen-bond donors (Lipinski definition) is 2. The second-order valence-electron chi connectivity index (χ2n) is 4.04. The monoisotopic (exact) mass is 202 g/mol. The maximum Gasteiger partial charge on any atom is 0.0591 e. The molecule has 0 amide bonds. The molecule has 0 radical (unpaired) electrons. The molecule has 0 aliphatic rings. The fourth-order valence-corrected chi connectivity index (χ4v) is 1.26. The molecule has 0 aliphatic carbocycles. The Morgan fingerprint density at radius 3 is 2.57 bits per heavy atom. The number of hydrogen-bond acceptors (Lipinski definition) is 3. The van der Waals surface area contributed by atoms with Gasteiger partial charge in [-0.05, 0) is 18.9 Å². The van der Waals surface area contributed by atoms with Crippen LogP contribution in [0.25, 0.3) is 0 Å². The van der Waals surface area contributed by atoms with E-state index in [4.69, 9.17) is 10.5 Å². The van der Waals surface area contributed by atoms with E-state index in [1.807, 2.05) is 0 Å². The quantitative estimate of drug-likeness (QED) is 0.526. The Morgan fingerprint density at radius 1 is 1.14 bits per heavy atom. The van der Waals surface area contributed by atoms with Crippen LogP contribution in [-0.4, -0.2) is 32.8 Å². The first kappa shape index (κ1) is 13.9. The fourth-order valence-electron chi connectivity index (χ4n) is 1.26. The molecule has 0 spiro atoms. The van der Waals surface area contributed by atoms with Crippen molar-refractivity contribution < 1.29 is 4.74 Å². The summed E-state index contributed by atoms with van der Waals surface area (Å²) in [6.07, 6.45) is 3.94. The van der Waals surface area contributed by atoms with Gasteiger partial charge in [0, 0.05) is 13.1 Å². The number of rotatable bonds is 10. The predicted octanol–water partition coefficient (Wildman–Crippen LogP) is 1.38. The Balaban J connectivity index is 2.85. The molecule has 14 heavy (non-hydrogen) atoms. The summed E-state index contributed by atoms with van der Waals surface area (Å²) in [6, 6.07) is 0. The van der Waals surface area contributed by atoms with Crippen molar-refractivity contribution in [1.29, 1.82) is 0 Å². The molecule has 0 fully saturated rings. The van der Waals surface area contributed by atoms with E-state index in [1.165, 1.54) is 19.3 Å². The topological polar surface area (TPSA) is 47.3 Å². The van der Waals surface area contributed by atoms with Gasteiger partial charge in [0.2, 0.25) is 0 Å². The van der Waals surface area contributed by atoms with Crippen LogP contribution in [0.2, 0.25) is 0 Å². The van der Waals surface area contributed by atoms with Gasteiger partial charge >= 0.3 is 0 Å². The third kappa shape index (κ3) is 11.9. The van der Waals surface area contributed by atoms with E-state index in [1.54, 1.807) is 0 Å². The summed E-state index contributed by atoms with van der Waals surface area (Å²) in [4.78, 5) is 0. The van der Waals surface area contributed by atoms with Crippen LogP contribution in [0, 0.1) is 5.92 Å². The molecule has 0 aromatic heterocycles. The molecule has 0 rings (SSSR count). The normalized spacial score (nSPS) is 11.1. The molecule has 86 valence electrons. The zero-order valence-corrected chi connectivity index (χ0v) is 9.72. The molecule has 0 unspecified atom stereocenters. The van der Waals surface area contributed by atoms with E-state index in [2.05, 4.69) is 19.2 Å². The molecular weight excluding hydrogens is 176 g/mol. The Morgan fingerprint density at radius 2 is 1.93 bits per heavy atom. The summed E-state index contributed by atoms with van der Waals surface area (Å²) in [6.45, 7) is 8.67. The second kappa shape index (κ2) is 11.0. The van der Waals surface area contributed by atoms with E-state index in [0.717, 1.165) is 25.6 Å². The summed E-state index contributed by atoms with van der Waals surface area (Å²) in [5, 5.41) is 3.35. The highest BCUT2D eigenvalue weighted by molar-refractivity contribution is 4.50. The summed E-state index contributed by atoms with van der Waals surface area (Å²) in [7, 11) is 0. The SMILES string of the molecule is CC(C)CCCCNCCOCCN. The summed E-state index contributed by atoms with van der Waals surface area (Å²) < 4.78 is 5.24. The van der Waals surface area contributed by atoms with Gasteiger partial charge in [-0.25, -0.2) is 0 Å². The summed E-state index contributed by atoms with van der Waals surface area (Å²) >= 11 is 0. The average Bonchev–Trinajstić information content (AvgIpc) is 2.15. The summed E-state index contributed by atoms with van der Waals surface area (Å²) in [5.41, 5.74) is 5.29. The van der Waals surface area contributed by atoms with Crippen LogP contribution in [0.1, 0.15) is 33.1 Å². The smallest absolute Gasteiger partial charge is 0.0591 e. The minimum atomic E-state index is 0.619. The Labute approximate surface area is 88.4 Å². The molecule has 0 aromatic carbocycles. The highest BCUT2D eigenvalue weighted by Crippen LogP contribution is 2.04. The highest BCUT2D eigenvalue weighted by Gasteiger charge is 1.93. The molecular formula is C11H26N2O. The van der Waals surface area contributed by atoms with Gasteiger partial charge in [0.1, 0.15) is 0 Å². The van der Waals surface area contributed by atoms with E-state index < -0.39 is 0 Å². The molecule has 0 atom stereocenters. The lowest BCUT2D eigenvalue weighted by atomic mass is 10.1. The van der Waals surface area contributed by atoms with Crippen molar-refractivity contribution in [3.63, 3.8) is 0 Å².